The molecule has 156 valence electrons. The molecule has 0 bridgehead atoms. The lowest BCUT2D eigenvalue weighted by Crippen LogP contribution is -2.46. The van der Waals surface area contributed by atoms with Crippen molar-refractivity contribution in [3.63, 3.8) is 0 Å². The number of aromatic nitrogens is 1. The number of carbonyl (C=O) groups is 1. The van der Waals surface area contributed by atoms with Gasteiger partial charge < -0.3 is 9.47 Å². The fourth-order valence-electron chi connectivity index (χ4n) is 4.37. The van der Waals surface area contributed by atoms with E-state index in [1.54, 1.807) is 6.07 Å². The van der Waals surface area contributed by atoms with Gasteiger partial charge in [-0.25, -0.2) is 0 Å². The summed E-state index contributed by atoms with van der Waals surface area (Å²) in [7, 11) is 0. The Morgan fingerprint density at radius 2 is 1.76 bits per heavy atom. The van der Waals surface area contributed by atoms with Gasteiger partial charge in [0.05, 0.1) is 5.56 Å². The first-order chi connectivity index (χ1) is 13.9. The van der Waals surface area contributed by atoms with E-state index in [4.69, 9.17) is 0 Å². The van der Waals surface area contributed by atoms with Crippen molar-refractivity contribution in [2.45, 2.75) is 38.4 Å². The van der Waals surface area contributed by atoms with Crippen LogP contribution in [0, 0.1) is 0 Å². The lowest BCUT2D eigenvalue weighted by Gasteiger charge is -2.36. The van der Waals surface area contributed by atoms with Crippen LogP contribution in [0.4, 0.5) is 18.9 Å². The van der Waals surface area contributed by atoms with Crippen LogP contribution >= 0.6 is 0 Å². The zero-order valence-electron chi connectivity index (χ0n) is 16.4. The molecule has 0 atom stereocenters. The van der Waals surface area contributed by atoms with E-state index in [0.29, 0.717) is 12.1 Å². The number of nitrogens with zero attached hydrogens (tertiary/aromatic N) is 3. The molecule has 2 aromatic rings. The van der Waals surface area contributed by atoms with Crippen molar-refractivity contribution in [2.24, 2.45) is 0 Å². The van der Waals surface area contributed by atoms with Gasteiger partial charge in [0, 0.05) is 62.3 Å². The van der Waals surface area contributed by atoms with Gasteiger partial charge in [-0.1, -0.05) is 6.07 Å². The van der Waals surface area contributed by atoms with Gasteiger partial charge in [-0.2, -0.15) is 13.2 Å². The van der Waals surface area contributed by atoms with Crippen molar-refractivity contribution >= 4 is 11.5 Å². The number of hydrogen-bond acceptors (Lipinski definition) is 3. The minimum Gasteiger partial charge on any atom is -0.369 e. The third-order valence-corrected chi connectivity index (χ3v) is 5.98. The molecule has 1 aromatic carbocycles. The molecule has 4 nitrogen and oxygen atoms in total. The van der Waals surface area contributed by atoms with E-state index < -0.39 is 11.7 Å². The lowest BCUT2D eigenvalue weighted by atomic mass is 9.97. The normalized spacial score (nSPS) is 18.2. The Morgan fingerprint density at radius 1 is 0.966 bits per heavy atom. The Morgan fingerprint density at radius 3 is 2.52 bits per heavy atom. The minimum absolute atomic E-state index is 0.260. The van der Waals surface area contributed by atoms with Crippen LogP contribution in [0.2, 0.25) is 0 Å². The van der Waals surface area contributed by atoms with Gasteiger partial charge >= 0.3 is 6.18 Å². The van der Waals surface area contributed by atoms with Gasteiger partial charge in [0.1, 0.15) is 0 Å². The molecule has 0 amide bonds. The summed E-state index contributed by atoms with van der Waals surface area (Å²) in [5.74, 6) is 0.260. The van der Waals surface area contributed by atoms with Crippen molar-refractivity contribution in [3.8, 4) is 0 Å². The zero-order chi connectivity index (χ0) is 20.4. The summed E-state index contributed by atoms with van der Waals surface area (Å²) < 4.78 is 41.0. The van der Waals surface area contributed by atoms with Gasteiger partial charge in [-0.3, -0.25) is 9.69 Å². The first-order valence-electron chi connectivity index (χ1n) is 10.3. The minimum atomic E-state index is -4.31. The Hall–Kier alpha value is -2.28. The number of carbonyl (C=O) groups excluding carboxylic acids is 1. The maximum atomic E-state index is 12.9. The zero-order valence-corrected chi connectivity index (χ0v) is 16.4. The van der Waals surface area contributed by atoms with E-state index in [0.717, 1.165) is 70.2 Å². The summed E-state index contributed by atoms with van der Waals surface area (Å²) in [6, 6.07) is 7.54. The van der Waals surface area contributed by atoms with Gasteiger partial charge in [0.15, 0.2) is 5.78 Å². The molecular weight excluding hydrogens is 379 g/mol. The van der Waals surface area contributed by atoms with Crippen LogP contribution in [0.1, 0.15) is 40.9 Å². The molecule has 7 heteroatoms. The molecule has 0 unspecified atom stereocenters. The second-order valence-electron chi connectivity index (χ2n) is 7.88. The summed E-state index contributed by atoms with van der Waals surface area (Å²) in [5.41, 5.74) is 2.12. The first-order valence-corrected chi connectivity index (χ1v) is 10.3. The van der Waals surface area contributed by atoms with Crippen molar-refractivity contribution in [2.75, 3.05) is 37.6 Å². The van der Waals surface area contributed by atoms with Crippen molar-refractivity contribution in [1.29, 1.82) is 0 Å². The highest BCUT2D eigenvalue weighted by atomic mass is 19.4. The maximum absolute atomic E-state index is 12.9. The number of alkyl halides is 3. The number of aryl methyl sites for hydroxylation is 1. The Kier molecular flexibility index (Phi) is 5.67. The third-order valence-electron chi connectivity index (χ3n) is 5.98. The predicted molar refractivity (Wildman–Crippen MR) is 106 cm³/mol. The predicted octanol–water partition coefficient (Wildman–Crippen LogP) is 4.24. The summed E-state index contributed by atoms with van der Waals surface area (Å²) in [4.78, 5) is 16.3. The largest absolute Gasteiger partial charge is 0.416 e. The average Bonchev–Trinajstić information content (AvgIpc) is 3.13. The van der Waals surface area contributed by atoms with Crippen LogP contribution in [-0.2, 0) is 19.1 Å². The Labute approximate surface area is 168 Å². The fourth-order valence-corrected chi connectivity index (χ4v) is 4.37. The van der Waals surface area contributed by atoms with Crippen LogP contribution in [-0.4, -0.2) is 48.0 Å². The molecule has 2 heterocycles. The van der Waals surface area contributed by atoms with Gasteiger partial charge in [-0.05, 0) is 50.1 Å². The molecule has 0 spiro atoms. The molecule has 1 aliphatic heterocycles. The quantitative estimate of drug-likeness (QED) is 0.745. The van der Waals surface area contributed by atoms with E-state index in [-0.39, 0.29) is 5.78 Å². The summed E-state index contributed by atoms with van der Waals surface area (Å²) in [5, 5.41) is 0. The molecule has 0 radical (unpaired) electrons. The smallest absolute Gasteiger partial charge is 0.369 e. The topological polar surface area (TPSA) is 28.5 Å². The van der Waals surface area contributed by atoms with Crippen LogP contribution in [0.25, 0.3) is 0 Å². The van der Waals surface area contributed by atoms with Crippen molar-refractivity contribution < 1.29 is 18.0 Å². The van der Waals surface area contributed by atoms with Crippen LogP contribution < -0.4 is 4.90 Å². The van der Waals surface area contributed by atoms with Crippen LogP contribution in [0.5, 0.6) is 0 Å². The van der Waals surface area contributed by atoms with E-state index in [9.17, 15) is 18.0 Å². The molecule has 29 heavy (non-hydrogen) atoms. The van der Waals surface area contributed by atoms with Gasteiger partial charge in [0.2, 0.25) is 0 Å². The molecule has 1 aromatic heterocycles. The second-order valence-corrected chi connectivity index (χ2v) is 7.88. The number of piperazine rings is 1. The fraction of sp³-hybridized carbons (Fsp3) is 0.500. The van der Waals surface area contributed by atoms with Crippen molar-refractivity contribution in [3.05, 3.63) is 53.3 Å². The summed E-state index contributed by atoms with van der Waals surface area (Å²) in [6.07, 6.45) is 1.29. The molecule has 1 fully saturated rings. The number of fused-ring (bicyclic) bond motifs is 1. The number of rotatable bonds is 5. The highest BCUT2D eigenvalue weighted by Gasteiger charge is 2.31. The lowest BCUT2D eigenvalue weighted by molar-refractivity contribution is -0.137. The first kappa shape index (κ1) is 20.0. The monoisotopic (exact) mass is 405 g/mol. The second kappa shape index (κ2) is 8.22. The van der Waals surface area contributed by atoms with E-state index >= 15 is 0 Å². The highest BCUT2D eigenvalue weighted by Crippen LogP contribution is 2.32. The molecule has 0 N–H and O–H groups in total. The standard InChI is InChI=1S/C22H26F3N3O/c23-22(24,25)17-4-1-5-18(16-17)27-14-12-26(13-15-27)9-3-10-28-11-8-19-20(28)6-2-7-21(19)29/h1,4-5,8,11,16H,2-3,6-7,9-10,12-15H2. The summed E-state index contributed by atoms with van der Waals surface area (Å²) >= 11 is 0. The van der Waals surface area contributed by atoms with E-state index in [1.807, 2.05) is 17.2 Å². The molecule has 1 aliphatic carbocycles. The number of benzene rings is 1. The third kappa shape index (κ3) is 4.50. The summed E-state index contributed by atoms with van der Waals surface area (Å²) in [6.45, 7) is 5.01. The van der Waals surface area contributed by atoms with Crippen molar-refractivity contribution in [1.82, 2.24) is 9.47 Å². The Bertz CT molecular complexity index is 866. The van der Waals surface area contributed by atoms with Crippen LogP contribution in [0.3, 0.4) is 0 Å². The number of hydrogen-bond donors (Lipinski definition) is 0. The van der Waals surface area contributed by atoms with Gasteiger partial charge in [0.25, 0.3) is 0 Å². The number of anilines is 1. The average molecular weight is 405 g/mol. The molecule has 4 rings (SSSR count). The molecule has 0 saturated carbocycles. The van der Waals surface area contributed by atoms with E-state index in [2.05, 4.69) is 9.47 Å². The molecular formula is C22H26F3N3O. The number of Topliss-reactive ketones (excluding diaryl/α,β-unsaturated/α-hetero) is 1. The molecule has 2 aliphatic rings. The maximum Gasteiger partial charge on any atom is 0.416 e. The SMILES string of the molecule is O=C1CCCc2c1ccn2CCCN1CCN(c2cccc(C(F)(F)F)c2)CC1. The Balaban J connectivity index is 1.26. The van der Waals surface area contributed by atoms with Crippen LogP contribution in [0.15, 0.2) is 36.5 Å². The number of halogens is 3. The van der Waals surface area contributed by atoms with E-state index in [1.165, 1.54) is 17.8 Å². The molecule has 1 saturated heterocycles. The highest BCUT2D eigenvalue weighted by molar-refractivity contribution is 5.98. The number of ketones is 1. The van der Waals surface area contributed by atoms with Gasteiger partial charge in [-0.15, -0.1) is 0 Å².